The number of ether oxygens (including phenoxy) is 1. The summed E-state index contributed by atoms with van der Waals surface area (Å²) in [5.74, 6) is -0.324. The Labute approximate surface area is 73.3 Å². The van der Waals surface area contributed by atoms with Gasteiger partial charge in [0.15, 0.2) is 0 Å². The number of carbonyl (C=O) groups is 1. The average molecular weight is 169 g/mol. The molecule has 0 radical (unpaired) electrons. The van der Waals surface area contributed by atoms with Crippen LogP contribution in [0.4, 0.5) is 0 Å². The number of hydrogen-bond donors (Lipinski definition) is 0. The van der Waals surface area contributed by atoms with Crippen LogP contribution in [0.15, 0.2) is 24.9 Å². The lowest BCUT2D eigenvalue weighted by Gasteiger charge is -2.13. The van der Waals surface area contributed by atoms with Gasteiger partial charge in [-0.25, -0.2) is 4.79 Å². The smallest absolute Gasteiger partial charge is 0.330 e. The van der Waals surface area contributed by atoms with E-state index in [0.29, 0.717) is 6.54 Å². The van der Waals surface area contributed by atoms with Crippen LogP contribution in [0, 0.1) is 0 Å². The molecular formula is C9H15NO2. The average Bonchev–Trinajstić information content (AvgIpc) is 2.12. The Morgan fingerprint density at radius 3 is 2.75 bits per heavy atom. The van der Waals surface area contributed by atoms with Crippen molar-refractivity contribution < 1.29 is 9.53 Å². The summed E-state index contributed by atoms with van der Waals surface area (Å²) < 4.78 is 4.43. The highest BCUT2D eigenvalue weighted by atomic mass is 16.5. The summed E-state index contributed by atoms with van der Waals surface area (Å²) in [6.45, 7) is 7.22. The number of methoxy groups -OCH3 is 1. The minimum atomic E-state index is -0.324. The predicted octanol–water partition coefficient (Wildman–Crippen LogP) is 1.18. The van der Waals surface area contributed by atoms with E-state index in [1.54, 1.807) is 12.3 Å². The monoisotopic (exact) mass is 169 g/mol. The first-order valence-electron chi connectivity index (χ1n) is 3.85. The van der Waals surface area contributed by atoms with Gasteiger partial charge in [-0.05, 0) is 13.1 Å². The summed E-state index contributed by atoms with van der Waals surface area (Å²) in [4.78, 5) is 12.6. The molecule has 0 N–H and O–H groups in total. The molecule has 0 aromatic heterocycles. The van der Waals surface area contributed by atoms with Gasteiger partial charge in [0.2, 0.25) is 0 Å². The fourth-order valence-corrected chi connectivity index (χ4v) is 0.685. The molecule has 0 fully saturated rings. The zero-order valence-corrected chi connectivity index (χ0v) is 7.62. The Morgan fingerprint density at radius 2 is 2.33 bits per heavy atom. The van der Waals surface area contributed by atoms with Crippen LogP contribution in [-0.4, -0.2) is 31.1 Å². The molecule has 68 valence electrons. The van der Waals surface area contributed by atoms with Gasteiger partial charge in [-0.15, -0.1) is 0 Å². The zero-order chi connectivity index (χ0) is 9.40. The molecule has 12 heavy (non-hydrogen) atoms. The van der Waals surface area contributed by atoms with E-state index >= 15 is 0 Å². The second-order valence-electron chi connectivity index (χ2n) is 2.20. The van der Waals surface area contributed by atoms with E-state index in [1.165, 1.54) is 13.2 Å². The van der Waals surface area contributed by atoms with Crippen molar-refractivity contribution in [3.8, 4) is 0 Å². The van der Waals surface area contributed by atoms with Gasteiger partial charge in [-0.2, -0.15) is 0 Å². The molecule has 0 saturated heterocycles. The lowest BCUT2D eigenvalue weighted by molar-refractivity contribution is -0.134. The van der Waals surface area contributed by atoms with Gasteiger partial charge in [-0.1, -0.05) is 12.7 Å². The van der Waals surface area contributed by atoms with Crippen molar-refractivity contribution in [2.75, 3.05) is 20.2 Å². The fraction of sp³-hybridized carbons (Fsp3) is 0.444. The minimum Gasteiger partial charge on any atom is -0.466 e. The first-order valence-corrected chi connectivity index (χ1v) is 3.85. The number of hydrogen-bond acceptors (Lipinski definition) is 3. The van der Waals surface area contributed by atoms with Crippen molar-refractivity contribution in [2.24, 2.45) is 0 Å². The maximum Gasteiger partial charge on any atom is 0.330 e. The number of carbonyl (C=O) groups excluding carboxylic acids is 1. The highest BCUT2D eigenvalue weighted by Gasteiger charge is 1.92. The molecule has 0 aliphatic rings. The first kappa shape index (κ1) is 10.8. The van der Waals surface area contributed by atoms with Crippen molar-refractivity contribution >= 4 is 5.97 Å². The highest BCUT2D eigenvalue weighted by molar-refractivity contribution is 5.81. The molecule has 0 aromatic carbocycles. The molecule has 3 nitrogen and oxygen atoms in total. The maximum atomic E-state index is 10.6. The van der Waals surface area contributed by atoms with Gasteiger partial charge in [-0.3, -0.25) is 0 Å². The third kappa shape index (κ3) is 4.55. The quantitative estimate of drug-likeness (QED) is 0.457. The van der Waals surface area contributed by atoms with E-state index in [2.05, 4.69) is 11.3 Å². The van der Waals surface area contributed by atoms with E-state index in [0.717, 1.165) is 6.54 Å². The predicted molar refractivity (Wildman–Crippen MR) is 48.6 cm³/mol. The Balaban J connectivity index is 3.71. The molecule has 0 aromatic rings. The molecule has 0 bridgehead atoms. The lowest BCUT2D eigenvalue weighted by Crippen LogP contribution is -2.15. The Morgan fingerprint density at radius 1 is 1.67 bits per heavy atom. The summed E-state index contributed by atoms with van der Waals surface area (Å²) in [5, 5.41) is 0. The van der Waals surface area contributed by atoms with E-state index in [1.807, 2.05) is 11.8 Å². The summed E-state index contributed by atoms with van der Waals surface area (Å²) in [7, 11) is 1.36. The van der Waals surface area contributed by atoms with Gasteiger partial charge < -0.3 is 9.64 Å². The van der Waals surface area contributed by atoms with Gasteiger partial charge in [0.05, 0.1) is 7.11 Å². The number of nitrogens with zero attached hydrogens (tertiary/aromatic N) is 1. The Bertz CT molecular complexity index is 175. The van der Waals surface area contributed by atoms with E-state index in [4.69, 9.17) is 0 Å². The van der Waals surface area contributed by atoms with Crippen LogP contribution in [0.1, 0.15) is 6.92 Å². The summed E-state index contributed by atoms with van der Waals surface area (Å²) in [5.41, 5.74) is 0. The molecule has 0 saturated carbocycles. The second-order valence-corrected chi connectivity index (χ2v) is 2.20. The lowest BCUT2D eigenvalue weighted by atomic mass is 10.4. The molecule has 0 spiro atoms. The van der Waals surface area contributed by atoms with Gasteiger partial charge in [0, 0.05) is 19.2 Å². The summed E-state index contributed by atoms with van der Waals surface area (Å²) in [6.07, 6.45) is 4.89. The number of likely N-dealkylation sites (N-methyl/N-ethyl adjacent to an activating group) is 1. The molecule has 3 heteroatoms. The maximum absolute atomic E-state index is 10.6. The molecule has 0 heterocycles. The Kier molecular flexibility index (Phi) is 5.79. The van der Waals surface area contributed by atoms with Crippen LogP contribution in [0.25, 0.3) is 0 Å². The van der Waals surface area contributed by atoms with Crippen molar-refractivity contribution in [3.05, 3.63) is 24.9 Å². The van der Waals surface area contributed by atoms with Gasteiger partial charge in [0.25, 0.3) is 0 Å². The largest absolute Gasteiger partial charge is 0.466 e. The van der Waals surface area contributed by atoms with Crippen molar-refractivity contribution in [1.29, 1.82) is 0 Å². The number of rotatable bonds is 5. The number of esters is 1. The van der Waals surface area contributed by atoms with Crippen molar-refractivity contribution in [2.45, 2.75) is 6.92 Å². The topological polar surface area (TPSA) is 29.5 Å². The zero-order valence-electron chi connectivity index (χ0n) is 7.62. The second kappa shape index (κ2) is 6.46. The van der Waals surface area contributed by atoms with E-state index in [-0.39, 0.29) is 5.97 Å². The highest BCUT2D eigenvalue weighted by Crippen LogP contribution is 1.88. The first-order chi connectivity index (χ1) is 5.74. The van der Waals surface area contributed by atoms with Crippen LogP contribution in [-0.2, 0) is 9.53 Å². The molecule has 0 unspecified atom stereocenters. The summed E-state index contributed by atoms with van der Waals surface area (Å²) in [6, 6.07) is 0. The van der Waals surface area contributed by atoms with Crippen LogP contribution in [0.3, 0.4) is 0 Å². The molecule has 0 aliphatic carbocycles. The van der Waals surface area contributed by atoms with Gasteiger partial charge >= 0.3 is 5.97 Å². The molecule has 0 amide bonds. The van der Waals surface area contributed by atoms with E-state index in [9.17, 15) is 4.79 Å². The van der Waals surface area contributed by atoms with Gasteiger partial charge in [0.1, 0.15) is 0 Å². The molecule has 0 rings (SSSR count). The van der Waals surface area contributed by atoms with Crippen LogP contribution >= 0.6 is 0 Å². The summed E-state index contributed by atoms with van der Waals surface area (Å²) >= 11 is 0. The third-order valence-corrected chi connectivity index (χ3v) is 1.46. The van der Waals surface area contributed by atoms with Crippen molar-refractivity contribution in [1.82, 2.24) is 4.90 Å². The third-order valence-electron chi connectivity index (χ3n) is 1.46. The standard InChI is InChI=1S/C9H15NO2/c1-4-10(5-2)8-6-7-9(11)12-3/h4,6-7H,1,5,8H2,2-3H3. The normalized spacial score (nSPS) is 9.83. The van der Waals surface area contributed by atoms with Crippen LogP contribution < -0.4 is 0 Å². The molecule has 0 aliphatic heterocycles. The molecule has 0 atom stereocenters. The molecular weight excluding hydrogens is 154 g/mol. The van der Waals surface area contributed by atoms with E-state index < -0.39 is 0 Å². The van der Waals surface area contributed by atoms with Crippen LogP contribution in [0.5, 0.6) is 0 Å². The fourth-order valence-electron chi connectivity index (χ4n) is 0.685. The SMILES string of the molecule is C=CN(CC)CC=CC(=O)OC. The van der Waals surface area contributed by atoms with Crippen molar-refractivity contribution in [3.63, 3.8) is 0 Å². The van der Waals surface area contributed by atoms with Crippen LogP contribution in [0.2, 0.25) is 0 Å². The Hall–Kier alpha value is -1.25. The minimum absolute atomic E-state index is 0.324.